The molecule has 0 N–H and O–H groups in total. The van der Waals surface area contributed by atoms with Gasteiger partial charge < -0.3 is 4.74 Å². The van der Waals surface area contributed by atoms with E-state index in [1.54, 1.807) is 6.26 Å². The van der Waals surface area contributed by atoms with Crippen molar-refractivity contribution in [3.63, 3.8) is 0 Å². The van der Waals surface area contributed by atoms with Crippen molar-refractivity contribution in [3.8, 4) is 0 Å². The van der Waals surface area contributed by atoms with Gasteiger partial charge in [-0.1, -0.05) is 0 Å². The molecule has 0 spiro atoms. The molecule has 0 aliphatic carbocycles. The lowest BCUT2D eigenvalue weighted by molar-refractivity contribution is 0.244. The Bertz CT molecular complexity index is 273. The van der Waals surface area contributed by atoms with Gasteiger partial charge in [0.05, 0.1) is 23.9 Å². The first-order valence-corrected chi connectivity index (χ1v) is 5.70. The van der Waals surface area contributed by atoms with E-state index in [4.69, 9.17) is 4.74 Å². The molecule has 0 aromatic carbocycles. The highest BCUT2D eigenvalue weighted by atomic mass is 32.2. The SMILES string of the molecule is CC(C)=COCCC1CS1(=O)=O. The Morgan fingerprint density at radius 1 is 1.58 bits per heavy atom. The Balaban J connectivity index is 2.09. The zero-order valence-electron chi connectivity index (χ0n) is 7.41. The molecule has 0 bridgehead atoms. The molecule has 1 aliphatic heterocycles. The summed E-state index contributed by atoms with van der Waals surface area (Å²) < 4.78 is 26.6. The Labute approximate surface area is 73.3 Å². The van der Waals surface area contributed by atoms with Crippen LogP contribution in [0.15, 0.2) is 11.8 Å². The fraction of sp³-hybridized carbons (Fsp3) is 0.750. The Kier molecular flexibility index (Phi) is 2.77. The molecule has 12 heavy (non-hydrogen) atoms. The predicted molar refractivity (Wildman–Crippen MR) is 47.6 cm³/mol. The zero-order valence-corrected chi connectivity index (χ0v) is 8.23. The van der Waals surface area contributed by atoms with E-state index in [0.717, 1.165) is 5.57 Å². The van der Waals surface area contributed by atoms with Gasteiger partial charge in [-0.3, -0.25) is 0 Å². The van der Waals surface area contributed by atoms with Gasteiger partial charge in [0.2, 0.25) is 0 Å². The summed E-state index contributed by atoms with van der Waals surface area (Å²) in [6.07, 6.45) is 2.29. The summed E-state index contributed by atoms with van der Waals surface area (Å²) in [7, 11) is -2.66. The number of ether oxygens (including phenoxy) is 1. The molecule has 0 amide bonds. The van der Waals surface area contributed by atoms with Gasteiger partial charge in [0.1, 0.15) is 0 Å². The van der Waals surface area contributed by atoms with Crippen LogP contribution in [-0.4, -0.2) is 26.0 Å². The molecule has 1 aliphatic rings. The molecule has 0 aromatic rings. The van der Waals surface area contributed by atoms with Crippen LogP contribution < -0.4 is 0 Å². The van der Waals surface area contributed by atoms with E-state index in [9.17, 15) is 8.42 Å². The minimum absolute atomic E-state index is 0.122. The van der Waals surface area contributed by atoms with Crippen molar-refractivity contribution < 1.29 is 13.2 Å². The van der Waals surface area contributed by atoms with Crippen molar-refractivity contribution in [3.05, 3.63) is 11.8 Å². The number of hydrogen-bond donors (Lipinski definition) is 0. The first-order chi connectivity index (χ1) is 5.52. The third-order valence-electron chi connectivity index (χ3n) is 1.69. The second-order valence-corrected chi connectivity index (χ2v) is 5.63. The first-order valence-electron chi connectivity index (χ1n) is 3.99. The third kappa shape index (κ3) is 2.85. The van der Waals surface area contributed by atoms with Crippen LogP contribution in [0.3, 0.4) is 0 Å². The Morgan fingerprint density at radius 3 is 2.58 bits per heavy atom. The maximum absolute atomic E-state index is 10.7. The Morgan fingerprint density at radius 2 is 2.17 bits per heavy atom. The largest absolute Gasteiger partial charge is 0.501 e. The monoisotopic (exact) mass is 190 g/mol. The van der Waals surface area contributed by atoms with E-state index < -0.39 is 9.84 Å². The summed E-state index contributed by atoms with van der Waals surface area (Å²) in [5.41, 5.74) is 1.09. The topological polar surface area (TPSA) is 43.4 Å². The molecule has 1 fully saturated rings. The van der Waals surface area contributed by atoms with Crippen LogP contribution in [0.4, 0.5) is 0 Å². The number of hydrogen-bond acceptors (Lipinski definition) is 3. The van der Waals surface area contributed by atoms with Crippen molar-refractivity contribution in [2.45, 2.75) is 25.5 Å². The van der Waals surface area contributed by atoms with Crippen molar-refractivity contribution in [2.75, 3.05) is 12.4 Å². The van der Waals surface area contributed by atoms with Crippen molar-refractivity contribution in [1.82, 2.24) is 0 Å². The normalized spacial score (nSPS) is 24.7. The summed E-state index contributed by atoms with van der Waals surface area (Å²) in [5, 5.41) is -0.122. The molecule has 1 rings (SSSR count). The van der Waals surface area contributed by atoms with E-state index in [1.165, 1.54) is 0 Å². The lowest BCUT2D eigenvalue weighted by Crippen LogP contribution is -1.95. The van der Waals surface area contributed by atoms with Crippen LogP contribution in [0.25, 0.3) is 0 Å². The van der Waals surface area contributed by atoms with Gasteiger partial charge in [-0.25, -0.2) is 8.42 Å². The van der Waals surface area contributed by atoms with E-state index in [0.29, 0.717) is 18.8 Å². The first kappa shape index (κ1) is 9.58. The van der Waals surface area contributed by atoms with Gasteiger partial charge in [-0.05, 0) is 25.8 Å². The molecule has 0 radical (unpaired) electrons. The molecule has 1 saturated heterocycles. The fourth-order valence-electron chi connectivity index (χ4n) is 0.908. The number of rotatable bonds is 4. The summed E-state index contributed by atoms with van der Waals surface area (Å²) in [6.45, 7) is 4.39. The minimum atomic E-state index is -2.66. The average Bonchev–Trinajstić information content (AvgIpc) is 2.51. The standard InChI is InChI=1S/C8H14O3S/c1-7(2)5-11-4-3-8-6-12(8,9)10/h5,8H,3-4,6H2,1-2H3. The van der Waals surface area contributed by atoms with Gasteiger partial charge in [-0.15, -0.1) is 0 Å². The Hall–Kier alpha value is -0.510. The van der Waals surface area contributed by atoms with E-state index >= 15 is 0 Å². The van der Waals surface area contributed by atoms with Crippen LogP contribution in [0.2, 0.25) is 0 Å². The molecule has 70 valence electrons. The van der Waals surface area contributed by atoms with Crippen LogP contribution in [0, 0.1) is 0 Å². The lowest BCUT2D eigenvalue weighted by atomic mass is 10.3. The smallest absolute Gasteiger partial charge is 0.155 e. The second-order valence-electron chi connectivity index (χ2n) is 3.31. The van der Waals surface area contributed by atoms with Crippen molar-refractivity contribution in [1.29, 1.82) is 0 Å². The lowest BCUT2D eigenvalue weighted by Gasteiger charge is -1.97. The van der Waals surface area contributed by atoms with Crippen molar-refractivity contribution >= 4 is 9.84 Å². The second kappa shape index (κ2) is 3.47. The van der Waals surface area contributed by atoms with Crippen LogP contribution in [-0.2, 0) is 14.6 Å². The molecule has 1 heterocycles. The van der Waals surface area contributed by atoms with Gasteiger partial charge in [0, 0.05) is 0 Å². The summed E-state index contributed by atoms with van der Waals surface area (Å²) in [5.74, 6) is 0.352. The van der Waals surface area contributed by atoms with E-state index in [1.807, 2.05) is 13.8 Å². The third-order valence-corrected chi connectivity index (χ3v) is 3.54. The summed E-state index contributed by atoms with van der Waals surface area (Å²) in [6, 6.07) is 0. The number of sulfone groups is 1. The molecule has 4 heteroatoms. The van der Waals surface area contributed by atoms with Gasteiger partial charge >= 0.3 is 0 Å². The van der Waals surface area contributed by atoms with Crippen LogP contribution in [0.1, 0.15) is 20.3 Å². The maximum atomic E-state index is 10.7. The molecular weight excluding hydrogens is 176 g/mol. The van der Waals surface area contributed by atoms with E-state index in [-0.39, 0.29) is 5.25 Å². The van der Waals surface area contributed by atoms with Gasteiger partial charge in [0.15, 0.2) is 9.84 Å². The summed E-state index contributed by atoms with van der Waals surface area (Å²) >= 11 is 0. The highest BCUT2D eigenvalue weighted by Crippen LogP contribution is 2.24. The summed E-state index contributed by atoms with van der Waals surface area (Å²) in [4.78, 5) is 0. The van der Waals surface area contributed by atoms with Gasteiger partial charge in [-0.2, -0.15) is 0 Å². The fourth-order valence-corrected chi connectivity index (χ4v) is 2.30. The van der Waals surface area contributed by atoms with Gasteiger partial charge in [0.25, 0.3) is 0 Å². The van der Waals surface area contributed by atoms with Crippen LogP contribution in [0.5, 0.6) is 0 Å². The highest BCUT2D eigenvalue weighted by molar-refractivity contribution is 7.99. The van der Waals surface area contributed by atoms with Crippen LogP contribution >= 0.6 is 0 Å². The zero-order chi connectivity index (χ0) is 9.19. The molecule has 3 nitrogen and oxygen atoms in total. The molecule has 1 atom stereocenters. The predicted octanol–water partition coefficient (Wildman–Crippen LogP) is 1.11. The molecular formula is C8H14O3S. The number of allylic oxidation sites excluding steroid dienone is 1. The quantitative estimate of drug-likeness (QED) is 0.379. The van der Waals surface area contributed by atoms with E-state index in [2.05, 4.69) is 0 Å². The average molecular weight is 190 g/mol. The molecule has 1 unspecified atom stereocenters. The maximum Gasteiger partial charge on any atom is 0.155 e. The molecule has 0 aromatic heterocycles. The van der Waals surface area contributed by atoms with Crippen molar-refractivity contribution in [2.24, 2.45) is 0 Å². The minimum Gasteiger partial charge on any atom is -0.501 e. The molecule has 0 saturated carbocycles. The highest BCUT2D eigenvalue weighted by Gasteiger charge is 2.42.